The summed E-state index contributed by atoms with van der Waals surface area (Å²) in [6, 6.07) is 1.91. The zero-order valence-corrected chi connectivity index (χ0v) is 9.47. The molecule has 0 aromatic carbocycles. The van der Waals surface area contributed by atoms with Crippen molar-refractivity contribution < 1.29 is 9.25 Å². The van der Waals surface area contributed by atoms with E-state index in [1.165, 1.54) is 6.20 Å². The summed E-state index contributed by atoms with van der Waals surface area (Å²) in [5, 5.41) is 15.2. The number of hydrogen-bond acceptors (Lipinski definition) is 4. The summed E-state index contributed by atoms with van der Waals surface area (Å²) < 4.78 is 5.66. The van der Waals surface area contributed by atoms with E-state index in [1.807, 2.05) is 19.9 Å². The Balaban J connectivity index is 2.49. The van der Waals surface area contributed by atoms with Crippen LogP contribution in [-0.4, -0.2) is 10.1 Å². The smallest absolute Gasteiger partial charge is 0.223 e. The summed E-state index contributed by atoms with van der Waals surface area (Å²) in [6.07, 6.45) is 3.00. The van der Waals surface area contributed by atoms with Crippen molar-refractivity contribution in [3.63, 3.8) is 0 Å². The van der Waals surface area contributed by atoms with Crippen molar-refractivity contribution >= 4 is 0 Å². The summed E-state index contributed by atoms with van der Waals surface area (Å²) in [6.45, 7) is 5.77. The number of hydrogen-bond donors (Lipinski definition) is 0. The topological polar surface area (TPSA) is 65.9 Å². The second-order valence-corrected chi connectivity index (χ2v) is 4.01. The molecule has 0 aliphatic carbocycles. The summed E-state index contributed by atoms with van der Waals surface area (Å²) >= 11 is 0. The molecule has 16 heavy (non-hydrogen) atoms. The largest absolute Gasteiger partial charge is 0.619 e. The van der Waals surface area contributed by atoms with Gasteiger partial charge in [0, 0.05) is 12.5 Å². The molecule has 0 amide bonds. The summed E-state index contributed by atoms with van der Waals surface area (Å²) in [7, 11) is 0. The van der Waals surface area contributed by atoms with Crippen LogP contribution in [0.3, 0.4) is 0 Å². The molecule has 5 heteroatoms. The van der Waals surface area contributed by atoms with E-state index >= 15 is 0 Å². The van der Waals surface area contributed by atoms with Crippen LogP contribution in [0.15, 0.2) is 23.0 Å². The van der Waals surface area contributed by atoms with Crippen molar-refractivity contribution in [3.05, 3.63) is 35.1 Å². The molecule has 0 unspecified atom stereocenters. The number of pyridine rings is 1. The quantitative estimate of drug-likeness (QED) is 0.570. The van der Waals surface area contributed by atoms with Crippen LogP contribution in [-0.2, 0) is 0 Å². The number of rotatable bonds is 2. The van der Waals surface area contributed by atoms with Crippen LogP contribution >= 0.6 is 0 Å². The van der Waals surface area contributed by atoms with Crippen LogP contribution < -0.4 is 4.73 Å². The molecule has 0 aliphatic rings. The first-order valence-corrected chi connectivity index (χ1v) is 5.10. The number of aromatic nitrogens is 3. The second-order valence-electron chi connectivity index (χ2n) is 4.01. The lowest BCUT2D eigenvalue weighted by Gasteiger charge is -2.05. The average molecular weight is 219 g/mol. The van der Waals surface area contributed by atoms with Crippen LogP contribution in [0.2, 0.25) is 0 Å². The third-order valence-corrected chi connectivity index (χ3v) is 2.32. The van der Waals surface area contributed by atoms with Crippen molar-refractivity contribution in [3.8, 4) is 11.4 Å². The second kappa shape index (κ2) is 3.92. The van der Waals surface area contributed by atoms with Gasteiger partial charge in [-0.3, -0.25) is 0 Å². The zero-order chi connectivity index (χ0) is 11.7. The first-order chi connectivity index (χ1) is 7.56. The van der Waals surface area contributed by atoms with Crippen molar-refractivity contribution in [2.45, 2.75) is 26.7 Å². The van der Waals surface area contributed by atoms with Gasteiger partial charge in [-0.05, 0) is 12.0 Å². The minimum Gasteiger partial charge on any atom is -0.619 e. The third-order valence-electron chi connectivity index (χ3n) is 2.32. The summed E-state index contributed by atoms with van der Waals surface area (Å²) in [5.41, 5.74) is 1.63. The van der Waals surface area contributed by atoms with E-state index in [1.54, 1.807) is 13.1 Å². The van der Waals surface area contributed by atoms with Crippen LogP contribution in [0.25, 0.3) is 11.4 Å². The van der Waals surface area contributed by atoms with Crippen LogP contribution in [0.1, 0.15) is 31.2 Å². The molecule has 0 saturated carbocycles. The van der Waals surface area contributed by atoms with E-state index in [-0.39, 0.29) is 5.92 Å². The molecular formula is C11H13N3O2. The van der Waals surface area contributed by atoms with Gasteiger partial charge in [0.05, 0.1) is 5.56 Å². The molecule has 5 nitrogen and oxygen atoms in total. The molecule has 0 radical (unpaired) electrons. The van der Waals surface area contributed by atoms with Gasteiger partial charge < -0.3 is 9.73 Å². The molecule has 2 heterocycles. The Morgan fingerprint density at radius 3 is 2.69 bits per heavy atom. The first-order valence-electron chi connectivity index (χ1n) is 5.10. The first kappa shape index (κ1) is 10.6. The minimum absolute atomic E-state index is 0.285. The van der Waals surface area contributed by atoms with Crippen molar-refractivity contribution in [1.29, 1.82) is 0 Å². The predicted molar refractivity (Wildman–Crippen MR) is 57.5 cm³/mol. The lowest BCUT2D eigenvalue weighted by Crippen LogP contribution is -2.26. The SMILES string of the molecule is Cc1nc(-c2cc(C(C)C)c[n+]([O-])c2)no1. The van der Waals surface area contributed by atoms with E-state index in [0.717, 1.165) is 10.3 Å². The highest BCUT2D eigenvalue weighted by atomic mass is 16.5. The van der Waals surface area contributed by atoms with Crippen molar-refractivity contribution in [2.24, 2.45) is 0 Å². The lowest BCUT2D eigenvalue weighted by atomic mass is 10.0. The van der Waals surface area contributed by atoms with E-state index in [2.05, 4.69) is 10.1 Å². The molecule has 0 fully saturated rings. The Kier molecular flexibility index (Phi) is 2.60. The molecule has 2 aromatic rings. The van der Waals surface area contributed by atoms with Gasteiger partial charge in [-0.15, -0.1) is 0 Å². The van der Waals surface area contributed by atoms with Gasteiger partial charge in [-0.1, -0.05) is 19.0 Å². The molecule has 2 aromatic heterocycles. The highest BCUT2D eigenvalue weighted by molar-refractivity contribution is 5.52. The van der Waals surface area contributed by atoms with Crippen molar-refractivity contribution in [1.82, 2.24) is 10.1 Å². The zero-order valence-electron chi connectivity index (χ0n) is 9.47. The van der Waals surface area contributed by atoms with Gasteiger partial charge >= 0.3 is 0 Å². The Morgan fingerprint density at radius 2 is 2.12 bits per heavy atom. The van der Waals surface area contributed by atoms with Gasteiger partial charge in [0.15, 0.2) is 12.4 Å². The maximum Gasteiger partial charge on any atom is 0.223 e. The molecule has 0 saturated heterocycles. The minimum atomic E-state index is 0.285. The third kappa shape index (κ3) is 2.03. The van der Waals surface area contributed by atoms with E-state index in [0.29, 0.717) is 17.3 Å². The Hall–Kier alpha value is -1.91. The molecule has 0 aliphatic heterocycles. The fraction of sp³-hybridized carbons (Fsp3) is 0.364. The van der Waals surface area contributed by atoms with E-state index in [9.17, 15) is 5.21 Å². The van der Waals surface area contributed by atoms with Crippen LogP contribution in [0.5, 0.6) is 0 Å². The van der Waals surface area contributed by atoms with Gasteiger partial charge in [-0.25, -0.2) is 0 Å². The van der Waals surface area contributed by atoms with Gasteiger partial charge in [0.1, 0.15) is 0 Å². The highest BCUT2D eigenvalue weighted by Gasteiger charge is 2.12. The molecular weight excluding hydrogens is 206 g/mol. The summed E-state index contributed by atoms with van der Waals surface area (Å²) in [5.74, 6) is 1.22. The molecule has 0 spiro atoms. The average Bonchev–Trinajstić information content (AvgIpc) is 2.64. The molecule has 0 N–H and O–H groups in total. The Morgan fingerprint density at radius 1 is 1.38 bits per heavy atom. The van der Waals surface area contributed by atoms with Crippen LogP contribution in [0.4, 0.5) is 0 Å². The van der Waals surface area contributed by atoms with Gasteiger partial charge in [-0.2, -0.15) is 9.71 Å². The van der Waals surface area contributed by atoms with Gasteiger partial charge in [0.2, 0.25) is 11.7 Å². The maximum atomic E-state index is 11.4. The lowest BCUT2D eigenvalue weighted by molar-refractivity contribution is -0.605. The van der Waals surface area contributed by atoms with Crippen molar-refractivity contribution in [2.75, 3.05) is 0 Å². The van der Waals surface area contributed by atoms with E-state index in [4.69, 9.17) is 4.52 Å². The summed E-state index contributed by atoms with van der Waals surface area (Å²) in [4.78, 5) is 4.09. The fourth-order valence-electron chi connectivity index (χ4n) is 1.43. The highest BCUT2D eigenvalue weighted by Crippen LogP contribution is 2.19. The normalized spacial score (nSPS) is 11.0. The number of aryl methyl sites for hydroxylation is 1. The molecule has 0 bridgehead atoms. The maximum absolute atomic E-state index is 11.4. The Bertz CT molecular complexity index is 506. The van der Waals surface area contributed by atoms with Crippen LogP contribution in [0, 0.1) is 12.1 Å². The van der Waals surface area contributed by atoms with Gasteiger partial charge in [0.25, 0.3) is 0 Å². The standard InChI is InChI=1S/C11H13N3O2/c1-7(2)9-4-10(6-14(15)5-9)11-12-8(3)16-13-11/h4-7H,1-3H3. The Labute approximate surface area is 93.3 Å². The monoisotopic (exact) mass is 219 g/mol. The molecule has 0 atom stereocenters. The fourth-order valence-corrected chi connectivity index (χ4v) is 1.43. The number of nitrogens with zero attached hydrogens (tertiary/aromatic N) is 3. The molecule has 84 valence electrons. The predicted octanol–water partition coefficient (Wildman–Crippen LogP) is 1.80. The molecule has 2 rings (SSSR count). The van der Waals surface area contributed by atoms with E-state index < -0.39 is 0 Å².